The van der Waals surface area contributed by atoms with Crippen LogP contribution in [0.1, 0.15) is 22.5 Å². The predicted molar refractivity (Wildman–Crippen MR) is 48.9 cm³/mol. The normalized spacial score (nSPS) is 10.6. The third-order valence-corrected chi connectivity index (χ3v) is 2.30. The van der Waals surface area contributed by atoms with Gasteiger partial charge in [-0.1, -0.05) is 11.6 Å². The molecule has 1 N–H and O–H groups in total. The highest BCUT2D eigenvalue weighted by molar-refractivity contribution is 9.10. The lowest BCUT2D eigenvalue weighted by Crippen LogP contribution is -2.02. The first-order valence-corrected chi connectivity index (χ1v) is 4.48. The number of hydrogen-bond donors (Lipinski definition) is 1. The largest absolute Gasteiger partial charge is 0.478 e. The predicted octanol–water partition coefficient (Wildman–Crippen LogP) is 3.13. The van der Waals surface area contributed by atoms with Gasteiger partial charge < -0.3 is 5.11 Å². The summed E-state index contributed by atoms with van der Waals surface area (Å²) in [5.41, 5.74) is -0.886. The third-order valence-electron chi connectivity index (χ3n) is 1.39. The number of rotatable bonds is 2. The third kappa shape index (κ3) is 2.19. The maximum Gasteiger partial charge on any atom is 0.338 e. The van der Waals surface area contributed by atoms with Gasteiger partial charge in [-0.2, -0.15) is 0 Å². The molecule has 0 saturated carbocycles. The average Bonchev–Trinajstić information content (AvgIpc) is 2.07. The van der Waals surface area contributed by atoms with E-state index < -0.39 is 18.1 Å². The number of halogens is 4. The van der Waals surface area contributed by atoms with Crippen LogP contribution in [0.15, 0.2) is 10.7 Å². The lowest BCUT2D eigenvalue weighted by Gasteiger charge is -2.04. The van der Waals surface area contributed by atoms with Crippen molar-refractivity contribution in [3.63, 3.8) is 0 Å². The summed E-state index contributed by atoms with van der Waals surface area (Å²) >= 11 is 8.18. The maximum atomic E-state index is 12.2. The van der Waals surface area contributed by atoms with Crippen molar-refractivity contribution in [1.82, 2.24) is 4.98 Å². The summed E-state index contributed by atoms with van der Waals surface area (Å²) in [5.74, 6) is -1.29. The number of hydrogen-bond acceptors (Lipinski definition) is 2. The molecule has 0 amide bonds. The van der Waals surface area contributed by atoms with Gasteiger partial charge in [0.2, 0.25) is 0 Å². The van der Waals surface area contributed by atoms with E-state index in [0.717, 1.165) is 6.07 Å². The number of nitrogens with zero attached hydrogens (tertiary/aromatic N) is 1. The van der Waals surface area contributed by atoms with Crippen LogP contribution in [0.4, 0.5) is 8.78 Å². The van der Waals surface area contributed by atoms with Crippen molar-refractivity contribution in [2.75, 3.05) is 0 Å². The molecule has 1 rings (SSSR count). The van der Waals surface area contributed by atoms with Crippen LogP contribution >= 0.6 is 27.5 Å². The van der Waals surface area contributed by atoms with Crippen molar-refractivity contribution >= 4 is 33.5 Å². The van der Waals surface area contributed by atoms with Crippen molar-refractivity contribution in [3.8, 4) is 0 Å². The van der Waals surface area contributed by atoms with Gasteiger partial charge in [0, 0.05) is 0 Å². The van der Waals surface area contributed by atoms with Gasteiger partial charge in [-0.15, -0.1) is 0 Å². The SMILES string of the molecule is O=C(O)c1cc(Cl)c(C(F)F)nc1Br. The Hall–Kier alpha value is -0.750. The summed E-state index contributed by atoms with van der Waals surface area (Å²) in [6.45, 7) is 0. The summed E-state index contributed by atoms with van der Waals surface area (Å²) < 4.78 is 24.3. The van der Waals surface area contributed by atoms with Crippen molar-refractivity contribution in [1.29, 1.82) is 0 Å². The van der Waals surface area contributed by atoms with Gasteiger partial charge in [0.1, 0.15) is 10.3 Å². The van der Waals surface area contributed by atoms with Crippen LogP contribution in [0.5, 0.6) is 0 Å². The minimum absolute atomic E-state index is 0.162. The van der Waals surface area contributed by atoms with Gasteiger partial charge in [-0.05, 0) is 22.0 Å². The van der Waals surface area contributed by atoms with E-state index in [4.69, 9.17) is 16.7 Å². The number of aromatic carboxylic acids is 1. The lowest BCUT2D eigenvalue weighted by molar-refractivity contribution is 0.0694. The highest BCUT2D eigenvalue weighted by Crippen LogP contribution is 2.28. The van der Waals surface area contributed by atoms with Crippen LogP contribution < -0.4 is 0 Å². The molecule has 14 heavy (non-hydrogen) atoms. The molecule has 0 saturated heterocycles. The molecule has 0 fully saturated rings. The summed E-state index contributed by atoms with van der Waals surface area (Å²) in [6.07, 6.45) is -2.83. The lowest BCUT2D eigenvalue weighted by atomic mass is 10.2. The first kappa shape index (κ1) is 11.3. The molecule has 1 aromatic heterocycles. The van der Waals surface area contributed by atoms with Gasteiger partial charge in [0.05, 0.1) is 10.6 Å². The van der Waals surface area contributed by atoms with Crippen LogP contribution in [0.3, 0.4) is 0 Å². The summed E-state index contributed by atoms with van der Waals surface area (Å²) in [4.78, 5) is 13.9. The molecule has 1 heterocycles. The maximum absolute atomic E-state index is 12.2. The second kappa shape index (κ2) is 4.18. The van der Waals surface area contributed by atoms with Crippen molar-refractivity contribution in [3.05, 3.63) is 26.9 Å². The standard InChI is InChI=1S/C7H3BrClF2NO2/c8-5-2(7(13)14)1-3(9)4(12-5)6(10)11/h1,6H,(H,13,14). The molecule has 0 aromatic carbocycles. The summed E-state index contributed by atoms with van der Waals surface area (Å²) in [5, 5.41) is 8.24. The molecule has 0 unspecified atom stereocenters. The van der Waals surface area contributed by atoms with Gasteiger partial charge in [0.15, 0.2) is 0 Å². The molecule has 0 aliphatic heterocycles. The van der Waals surface area contributed by atoms with E-state index in [0.29, 0.717) is 0 Å². The van der Waals surface area contributed by atoms with Crippen molar-refractivity contribution in [2.24, 2.45) is 0 Å². The Morgan fingerprint density at radius 2 is 2.21 bits per heavy atom. The zero-order valence-electron chi connectivity index (χ0n) is 6.47. The van der Waals surface area contributed by atoms with E-state index in [1.54, 1.807) is 0 Å². The van der Waals surface area contributed by atoms with Gasteiger partial charge in [0.25, 0.3) is 6.43 Å². The molecule has 0 bridgehead atoms. The second-order valence-electron chi connectivity index (χ2n) is 2.30. The Labute approximate surface area is 90.8 Å². The molecule has 0 spiro atoms. The van der Waals surface area contributed by atoms with E-state index in [1.165, 1.54) is 0 Å². The van der Waals surface area contributed by atoms with Crippen LogP contribution in [-0.4, -0.2) is 16.1 Å². The summed E-state index contributed by atoms with van der Waals surface area (Å²) in [7, 11) is 0. The number of alkyl halides is 2. The van der Waals surface area contributed by atoms with Crippen LogP contribution in [-0.2, 0) is 0 Å². The zero-order chi connectivity index (χ0) is 10.9. The first-order chi connectivity index (χ1) is 6.43. The fraction of sp³-hybridized carbons (Fsp3) is 0.143. The summed E-state index contributed by atoms with van der Waals surface area (Å²) in [6, 6.07) is 0.933. The topological polar surface area (TPSA) is 50.2 Å². The highest BCUT2D eigenvalue weighted by Gasteiger charge is 2.19. The number of carboxylic acid groups (broad SMARTS) is 1. The van der Waals surface area contributed by atoms with Gasteiger partial charge >= 0.3 is 5.97 Å². The Kier molecular flexibility index (Phi) is 3.38. The van der Waals surface area contributed by atoms with Crippen LogP contribution in [0.25, 0.3) is 0 Å². The number of carboxylic acids is 1. The van der Waals surface area contributed by atoms with Gasteiger partial charge in [-0.25, -0.2) is 18.6 Å². The Balaban J connectivity index is 3.31. The molecule has 1 aromatic rings. The zero-order valence-corrected chi connectivity index (χ0v) is 8.81. The molecule has 76 valence electrons. The Morgan fingerprint density at radius 3 is 2.64 bits per heavy atom. The molecular formula is C7H3BrClF2NO2. The molecule has 0 radical (unpaired) electrons. The molecule has 0 atom stereocenters. The van der Waals surface area contributed by atoms with E-state index in [9.17, 15) is 13.6 Å². The molecule has 0 aliphatic carbocycles. The van der Waals surface area contributed by atoms with E-state index in [1.807, 2.05) is 0 Å². The number of aromatic nitrogens is 1. The van der Waals surface area contributed by atoms with E-state index in [-0.39, 0.29) is 15.2 Å². The minimum atomic E-state index is -2.83. The number of carbonyl (C=O) groups is 1. The minimum Gasteiger partial charge on any atom is -0.478 e. The van der Waals surface area contributed by atoms with Crippen molar-refractivity contribution in [2.45, 2.75) is 6.43 Å². The molecule has 0 aliphatic rings. The molecule has 3 nitrogen and oxygen atoms in total. The van der Waals surface area contributed by atoms with Crippen LogP contribution in [0, 0.1) is 0 Å². The van der Waals surface area contributed by atoms with Crippen LogP contribution in [0.2, 0.25) is 5.02 Å². The fourth-order valence-electron chi connectivity index (χ4n) is 0.783. The first-order valence-electron chi connectivity index (χ1n) is 3.31. The highest BCUT2D eigenvalue weighted by atomic mass is 79.9. The Bertz CT molecular complexity index is 386. The quantitative estimate of drug-likeness (QED) is 0.850. The number of pyridine rings is 1. The smallest absolute Gasteiger partial charge is 0.338 e. The monoisotopic (exact) mass is 285 g/mol. The molecule has 7 heteroatoms. The average molecular weight is 286 g/mol. The van der Waals surface area contributed by atoms with E-state index in [2.05, 4.69) is 20.9 Å². The van der Waals surface area contributed by atoms with Crippen molar-refractivity contribution < 1.29 is 18.7 Å². The fourth-order valence-corrected chi connectivity index (χ4v) is 1.49. The van der Waals surface area contributed by atoms with E-state index >= 15 is 0 Å². The Morgan fingerprint density at radius 1 is 1.64 bits per heavy atom. The van der Waals surface area contributed by atoms with Gasteiger partial charge in [-0.3, -0.25) is 0 Å². The molecular weight excluding hydrogens is 283 g/mol. The second-order valence-corrected chi connectivity index (χ2v) is 3.46.